The molecule has 2 N–H and O–H groups in total. The van der Waals surface area contributed by atoms with Crippen molar-refractivity contribution in [3.05, 3.63) is 0 Å². The van der Waals surface area contributed by atoms with Gasteiger partial charge in [0.25, 0.3) is 5.24 Å². The topological polar surface area (TPSA) is 95.9 Å². The zero-order valence-corrected chi connectivity index (χ0v) is 11.1. The minimum Gasteiger partial charge on any atom is -0.481 e. The van der Waals surface area contributed by atoms with Gasteiger partial charge in [0.1, 0.15) is 5.92 Å². The van der Waals surface area contributed by atoms with Gasteiger partial charge in [-0.1, -0.05) is 11.8 Å². The molecule has 8 heteroatoms. The van der Waals surface area contributed by atoms with E-state index in [-0.39, 0.29) is 30.8 Å². The van der Waals surface area contributed by atoms with Gasteiger partial charge in [-0.15, -0.1) is 0 Å². The Balaban J connectivity index is 1.75. The lowest BCUT2D eigenvalue weighted by atomic mass is 10.0. The molecule has 2 saturated heterocycles. The van der Waals surface area contributed by atoms with Gasteiger partial charge >= 0.3 is 5.97 Å². The van der Waals surface area contributed by atoms with Crippen molar-refractivity contribution in [2.24, 2.45) is 5.92 Å². The average Bonchev–Trinajstić information content (AvgIpc) is 2.95. The molecule has 19 heavy (non-hydrogen) atoms. The minimum absolute atomic E-state index is 0.000382. The van der Waals surface area contributed by atoms with Gasteiger partial charge in [-0.2, -0.15) is 0 Å². The fraction of sp³-hybridized carbons (Fsp3) is 0.727. The number of hydrogen-bond acceptors (Lipinski definition) is 5. The second kappa shape index (κ2) is 6.25. The van der Waals surface area contributed by atoms with Crippen LogP contribution in [0.25, 0.3) is 0 Å². The Morgan fingerprint density at radius 3 is 2.89 bits per heavy atom. The molecule has 2 fully saturated rings. The lowest BCUT2D eigenvalue weighted by Gasteiger charge is -2.17. The van der Waals surface area contributed by atoms with Crippen LogP contribution in [0.3, 0.4) is 0 Å². The Bertz CT molecular complexity index is 389. The first-order valence-corrected chi connectivity index (χ1v) is 7.08. The molecule has 0 spiro atoms. The molecule has 0 aromatic carbocycles. The normalized spacial score (nSPS) is 26.7. The molecule has 2 heterocycles. The maximum atomic E-state index is 11.7. The van der Waals surface area contributed by atoms with Crippen molar-refractivity contribution in [3.63, 3.8) is 0 Å². The number of aliphatic carboxylic acids is 1. The van der Waals surface area contributed by atoms with Gasteiger partial charge in [0, 0.05) is 25.3 Å². The number of rotatable bonds is 5. The third kappa shape index (κ3) is 3.60. The van der Waals surface area contributed by atoms with Crippen molar-refractivity contribution in [2.75, 3.05) is 32.1 Å². The average molecular weight is 288 g/mol. The fourth-order valence-corrected chi connectivity index (χ4v) is 2.94. The van der Waals surface area contributed by atoms with Gasteiger partial charge in [-0.25, -0.2) is 0 Å². The van der Waals surface area contributed by atoms with Crippen molar-refractivity contribution in [2.45, 2.75) is 12.5 Å². The molecule has 2 amide bonds. The van der Waals surface area contributed by atoms with E-state index >= 15 is 0 Å². The SMILES string of the molecule is O=C(CCN1CCSC1=O)NC1COCC1C(=O)O. The van der Waals surface area contributed by atoms with Crippen LogP contribution in [0.1, 0.15) is 6.42 Å². The van der Waals surface area contributed by atoms with Crippen LogP contribution in [0.15, 0.2) is 0 Å². The molecule has 7 nitrogen and oxygen atoms in total. The Hall–Kier alpha value is -1.28. The van der Waals surface area contributed by atoms with E-state index in [1.807, 2.05) is 0 Å². The molecule has 2 rings (SSSR count). The number of thioether (sulfide) groups is 1. The highest BCUT2D eigenvalue weighted by Gasteiger charge is 2.35. The second-order valence-corrected chi connectivity index (χ2v) is 5.55. The number of nitrogens with one attached hydrogen (secondary N) is 1. The molecule has 2 aliphatic rings. The van der Waals surface area contributed by atoms with E-state index in [0.717, 1.165) is 5.75 Å². The second-order valence-electron chi connectivity index (χ2n) is 4.51. The van der Waals surface area contributed by atoms with Crippen LogP contribution in [0.2, 0.25) is 0 Å². The van der Waals surface area contributed by atoms with Crippen molar-refractivity contribution in [1.29, 1.82) is 0 Å². The standard InChI is InChI=1S/C11H16N2O5S/c14-9(1-2-13-3-4-19-11(13)17)12-8-6-18-5-7(8)10(15)16/h7-8H,1-6H2,(H,12,14)(H,15,16). The number of nitrogens with zero attached hydrogens (tertiary/aromatic N) is 1. The number of carbonyl (C=O) groups excluding carboxylic acids is 2. The summed E-state index contributed by atoms with van der Waals surface area (Å²) in [6.07, 6.45) is 0.190. The molecule has 0 bridgehead atoms. The molecular formula is C11H16N2O5S. The van der Waals surface area contributed by atoms with Crippen molar-refractivity contribution in [3.8, 4) is 0 Å². The van der Waals surface area contributed by atoms with E-state index < -0.39 is 17.9 Å². The summed E-state index contributed by atoms with van der Waals surface area (Å²) >= 11 is 1.25. The number of carbonyl (C=O) groups is 3. The van der Waals surface area contributed by atoms with Crippen LogP contribution in [0.5, 0.6) is 0 Å². The molecule has 0 aromatic heterocycles. The number of carboxylic acids is 1. The van der Waals surface area contributed by atoms with Gasteiger partial charge < -0.3 is 20.1 Å². The van der Waals surface area contributed by atoms with Crippen LogP contribution in [0, 0.1) is 5.92 Å². The van der Waals surface area contributed by atoms with Crippen LogP contribution >= 0.6 is 11.8 Å². The van der Waals surface area contributed by atoms with Crippen LogP contribution < -0.4 is 5.32 Å². The van der Waals surface area contributed by atoms with E-state index in [9.17, 15) is 14.4 Å². The Kier molecular flexibility index (Phi) is 4.65. The summed E-state index contributed by atoms with van der Waals surface area (Å²) in [6.45, 7) is 1.40. The summed E-state index contributed by atoms with van der Waals surface area (Å²) in [7, 11) is 0. The molecule has 2 atom stereocenters. The van der Waals surface area contributed by atoms with Gasteiger partial charge in [-0.05, 0) is 0 Å². The van der Waals surface area contributed by atoms with Gasteiger partial charge in [0.2, 0.25) is 5.91 Å². The first-order chi connectivity index (χ1) is 9.08. The van der Waals surface area contributed by atoms with Crippen LogP contribution in [-0.2, 0) is 14.3 Å². The molecule has 0 radical (unpaired) electrons. The first-order valence-electron chi connectivity index (χ1n) is 6.09. The van der Waals surface area contributed by atoms with E-state index in [2.05, 4.69) is 5.32 Å². The smallest absolute Gasteiger partial charge is 0.311 e. The van der Waals surface area contributed by atoms with E-state index in [1.54, 1.807) is 4.90 Å². The Morgan fingerprint density at radius 1 is 1.47 bits per heavy atom. The maximum absolute atomic E-state index is 11.7. The molecule has 0 saturated carbocycles. The zero-order chi connectivity index (χ0) is 13.8. The summed E-state index contributed by atoms with van der Waals surface area (Å²) in [5.41, 5.74) is 0. The van der Waals surface area contributed by atoms with Crippen LogP contribution in [0.4, 0.5) is 4.79 Å². The molecule has 106 valence electrons. The van der Waals surface area contributed by atoms with Gasteiger partial charge in [0.15, 0.2) is 0 Å². The van der Waals surface area contributed by atoms with Crippen molar-refractivity contribution in [1.82, 2.24) is 10.2 Å². The summed E-state index contributed by atoms with van der Waals surface area (Å²) in [6, 6.07) is -0.478. The highest BCUT2D eigenvalue weighted by molar-refractivity contribution is 8.13. The van der Waals surface area contributed by atoms with Gasteiger partial charge in [-0.3, -0.25) is 14.4 Å². The summed E-state index contributed by atoms with van der Waals surface area (Å²) in [5.74, 6) is -1.13. The van der Waals surface area contributed by atoms with E-state index in [1.165, 1.54) is 11.8 Å². The number of ether oxygens (including phenoxy) is 1. The number of amides is 2. The summed E-state index contributed by atoms with van der Waals surface area (Å²) < 4.78 is 5.06. The van der Waals surface area contributed by atoms with Crippen molar-refractivity contribution < 1.29 is 24.2 Å². The fourth-order valence-electron chi connectivity index (χ4n) is 2.08. The summed E-state index contributed by atoms with van der Waals surface area (Å²) in [5, 5.41) is 11.6. The van der Waals surface area contributed by atoms with E-state index in [0.29, 0.717) is 13.1 Å². The molecule has 2 aliphatic heterocycles. The number of hydrogen-bond donors (Lipinski definition) is 2. The lowest BCUT2D eigenvalue weighted by Crippen LogP contribution is -2.43. The lowest BCUT2D eigenvalue weighted by molar-refractivity contribution is -0.142. The Morgan fingerprint density at radius 2 is 2.26 bits per heavy atom. The van der Waals surface area contributed by atoms with Crippen LogP contribution in [-0.4, -0.2) is 65.2 Å². The van der Waals surface area contributed by atoms with Crippen molar-refractivity contribution >= 4 is 28.9 Å². The largest absolute Gasteiger partial charge is 0.481 e. The first kappa shape index (κ1) is 14.1. The third-order valence-electron chi connectivity index (χ3n) is 3.20. The quantitative estimate of drug-likeness (QED) is 0.725. The monoisotopic (exact) mass is 288 g/mol. The predicted molar refractivity (Wildman–Crippen MR) is 67.9 cm³/mol. The zero-order valence-electron chi connectivity index (χ0n) is 10.3. The number of carboxylic acid groups (broad SMARTS) is 1. The molecule has 2 unspecified atom stereocenters. The summed E-state index contributed by atoms with van der Waals surface area (Å²) in [4.78, 5) is 35.6. The third-order valence-corrected chi connectivity index (χ3v) is 4.09. The highest BCUT2D eigenvalue weighted by Crippen LogP contribution is 2.17. The molecule has 0 aromatic rings. The Labute approximate surface area is 114 Å². The predicted octanol–water partition coefficient (Wildman–Crippen LogP) is -0.239. The van der Waals surface area contributed by atoms with Gasteiger partial charge in [0.05, 0.1) is 19.3 Å². The molecule has 0 aliphatic carbocycles. The maximum Gasteiger partial charge on any atom is 0.311 e. The minimum atomic E-state index is -0.964. The van der Waals surface area contributed by atoms with E-state index in [4.69, 9.17) is 9.84 Å². The highest BCUT2D eigenvalue weighted by atomic mass is 32.2. The molecular weight excluding hydrogens is 272 g/mol.